The van der Waals surface area contributed by atoms with E-state index in [0.717, 1.165) is 29.1 Å². The first-order valence-corrected chi connectivity index (χ1v) is 12.7. The summed E-state index contributed by atoms with van der Waals surface area (Å²) in [6.07, 6.45) is 0. The van der Waals surface area contributed by atoms with Gasteiger partial charge in [-0.3, -0.25) is 4.79 Å². The molecule has 0 radical (unpaired) electrons. The summed E-state index contributed by atoms with van der Waals surface area (Å²) < 4.78 is 28.9. The van der Waals surface area contributed by atoms with Crippen LogP contribution in [0.15, 0.2) is 76.5 Å². The second-order valence-electron chi connectivity index (χ2n) is 6.92. The van der Waals surface area contributed by atoms with Crippen molar-refractivity contribution in [3.05, 3.63) is 115 Å². The maximum atomic E-state index is 14.3. The molecule has 0 bridgehead atoms. The van der Waals surface area contributed by atoms with E-state index in [2.05, 4.69) is 5.32 Å². The number of nitrogens with one attached hydrogen (secondary N) is 1. The van der Waals surface area contributed by atoms with E-state index in [1.54, 1.807) is 12.1 Å². The van der Waals surface area contributed by atoms with Crippen LogP contribution in [0.4, 0.5) is 8.78 Å². The Labute approximate surface area is 215 Å². The Bertz CT molecular complexity index is 1150. The van der Waals surface area contributed by atoms with Gasteiger partial charge in [0, 0.05) is 39.2 Å². The van der Waals surface area contributed by atoms with Crippen molar-refractivity contribution in [3.8, 4) is 6.07 Å². The average molecular weight is 535 g/mol. The Morgan fingerprint density at radius 1 is 0.853 bits per heavy atom. The molecule has 34 heavy (non-hydrogen) atoms. The fourth-order valence-corrected chi connectivity index (χ4v) is 5.87. The SMILES string of the molecule is N#CC(C(=O)NCc1ccccc1)=C(SCc1c(F)cccc1Cl)SCc1c(F)cccc1Cl. The van der Waals surface area contributed by atoms with Gasteiger partial charge in [-0.25, -0.2) is 8.78 Å². The predicted octanol–water partition coefficient (Wildman–Crippen LogP) is 7.49. The van der Waals surface area contributed by atoms with Crippen LogP contribution in [0.2, 0.25) is 10.0 Å². The fraction of sp³-hybridized carbons (Fsp3) is 0.120. The largest absolute Gasteiger partial charge is 0.347 e. The van der Waals surface area contributed by atoms with Crippen molar-refractivity contribution in [1.29, 1.82) is 5.26 Å². The summed E-state index contributed by atoms with van der Waals surface area (Å²) in [6, 6.07) is 19.9. The maximum absolute atomic E-state index is 14.3. The van der Waals surface area contributed by atoms with Gasteiger partial charge < -0.3 is 5.32 Å². The molecule has 0 aliphatic carbocycles. The van der Waals surface area contributed by atoms with Crippen LogP contribution < -0.4 is 5.32 Å². The lowest BCUT2D eigenvalue weighted by molar-refractivity contribution is -0.117. The zero-order valence-electron chi connectivity index (χ0n) is 17.7. The van der Waals surface area contributed by atoms with Crippen molar-refractivity contribution in [1.82, 2.24) is 5.32 Å². The quantitative estimate of drug-likeness (QED) is 0.228. The Morgan fingerprint density at radius 3 is 1.85 bits per heavy atom. The zero-order valence-corrected chi connectivity index (χ0v) is 20.8. The first-order valence-electron chi connectivity index (χ1n) is 9.98. The Morgan fingerprint density at radius 2 is 1.38 bits per heavy atom. The van der Waals surface area contributed by atoms with Gasteiger partial charge in [-0.05, 0) is 29.8 Å². The van der Waals surface area contributed by atoms with Crippen molar-refractivity contribution in [2.45, 2.75) is 18.1 Å². The van der Waals surface area contributed by atoms with Gasteiger partial charge >= 0.3 is 0 Å². The van der Waals surface area contributed by atoms with Crippen LogP contribution in [0.3, 0.4) is 0 Å². The second-order valence-corrected chi connectivity index (χ2v) is 9.96. The minimum absolute atomic E-state index is 0.0794. The third-order valence-corrected chi connectivity index (χ3v) is 7.87. The van der Waals surface area contributed by atoms with E-state index in [1.165, 1.54) is 24.3 Å². The van der Waals surface area contributed by atoms with Crippen LogP contribution in [0.1, 0.15) is 16.7 Å². The molecule has 0 aromatic heterocycles. The number of benzene rings is 3. The van der Waals surface area contributed by atoms with Gasteiger partial charge in [-0.1, -0.05) is 65.7 Å². The summed E-state index contributed by atoms with van der Waals surface area (Å²) in [5.74, 6) is -1.41. The molecular formula is C25H18Cl2F2N2OS2. The Kier molecular flexibility index (Phi) is 9.85. The van der Waals surface area contributed by atoms with Crippen LogP contribution in [0.5, 0.6) is 0 Å². The molecule has 0 aliphatic heterocycles. The number of hydrogen-bond donors (Lipinski definition) is 1. The highest BCUT2D eigenvalue weighted by Crippen LogP contribution is 2.39. The third-order valence-electron chi connectivity index (χ3n) is 4.66. The van der Waals surface area contributed by atoms with Crippen molar-refractivity contribution in [2.75, 3.05) is 0 Å². The van der Waals surface area contributed by atoms with Crippen LogP contribution in [0, 0.1) is 23.0 Å². The molecule has 3 nitrogen and oxygen atoms in total. The van der Waals surface area contributed by atoms with Crippen molar-refractivity contribution < 1.29 is 13.6 Å². The van der Waals surface area contributed by atoms with E-state index in [1.807, 2.05) is 36.4 Å². The van der Waals surface area contributed by atoms with E-state index < -0.39 is 17.5 Å². The highest BCUT2D eigenvalue weighted by molar-refractivity contribution is 8.21. The minimum Gasteiger partial charge on any atom is -0.347 e. The van der Waals surface area contributed by atoms with Crippen molar-refractivity contribution in [3.63, 3.8) is 0 Å². The average Bonchev–Trinajstić information content (AvgIpc) is 2.82. The van der Waals surface area contributed by atoms with Gasteiger partial charge in [0.05, 0.1) is 4.24 Å². The molecule has 0 unspecified atom stereocenters. The smallest absolute Gasteiger partial charge is 0.263 e. The highest BCUT2D eigenvalue weighted by atomic mass is 35.5. The number of thioether (sulfide) groups is 2. The lowest BCUT2D eigenvalue weighted by atomic mass is 10.2. The maximum Gasteiger partial charge on any atom is 0.263 e. The number of carbonyl (C=O) groups is 1. The van der Waals surface area contributed by atoms with E-state index in [-0.39, 0.29) is 44.8 Å². The second kappa shape index (κ2) is 12.8. The number of hydrogen-bond acceptors (Lipinski definition) is 4. The van der Waals surface area contributed by atoms with Crippen molar-refractivity contribution >= 4 is 52.6 Å². The van der Waals surface area contributed by atoms with Gasteiger partial charge in [0.1, 0.15) is 23.3 Å². The van der Waals surface area contributed by atoms with Crippen LogP contribution in [-0.4, -0.2) is 5.91 Å². The minimum atomic E-state index is -0.583. The molecular weight excluding hydrogens is 517 g/mol. The molecule has 0 heterocycles. The highest BCUT2D eigenvalue weighted by Gasteiger charge is 2.19. The zero-order chi connectivity index (χ0) is 24.5. The van der Waals surface area contributed by atoms with E-state index in [9.17, 15) is 18.8 Å². The van der Waals surface area contributed by atoms with E-state index in [0.29, 0.717) is 4.24 Å². The monoisotopic (exact) mass is 534 g/mol. The molecule has 3 aromatic carbocycles. The number of nitriles is 1. The van der Waals surface area contributed by atoms with Gasteiger partial charge in [0.15, 0.2) is 0 Å². The van der Waals surface area contributed by atoms with E-state index >= 15 is 0 Å². The summed E-state index contributed by atoms with van der Waals surface area (Å²) in [6.45, 7) is 0.228. The molecule has 0 spiro atoms. The number of halogens is 4. The van der Waals surface area contributed by atoms with Gasteiger partial charge in [0.25, 0.3) is 5.91 Å². The van der Waals surface area contributed by atoms with E-state index in [4.69, 9.17) is 23.2 Å². The fourth-order valence-electron chi connectivity index (χ4n) is 2.86. The number of nitrogens with zero attached hydrogens (tertiary/aromatic N) is 1. The molecule has 1 N–H and O–H groups in total. The predicted molar refractivity (Wildman–Crippen MR) is 136 cm³/mol. The summed E-state index contributed by atoms with van der Waals surface area (Å²) in [7, 11) is 0. The Hall–Kier alpha value is -2.50. The number of rotatable bonds is 9. The van der Waals surface area contributed by atoms with Crippen LogP contribution in [-0.2, 0) is 22.8 Å². The van der Waals surface area contributed by atoms with Gasteiger partial charge in [0.2, 0.25) is 0 Å². The first kappa shape index (κ1) is 26.1. The molecule has 3 aromatic rings. The molecule has 3 rings (SSSR count). The molecule has 0 fully saturated rings. The third kappa shape index (κ3) is 7.00. The normalized spacial score (nSPS) is 10.4. The molecule has 0 aliphatic rings. The lowest BCUT2D eigenvalue weighted by Crippen LogP contribution is -2.24. The molecule has 1 amide bonds. The van der Waals surface area contributed by atoms with Gasteiger partial charge in [-0.2, -0.15) is 5.26 Å². The number of carbonyl (C=O) groups excluding carboxylic acids is 1. The first-order chi connectivity index (χ1) is 16.4. The molecule has 9 heteroatoms. The Balaban J connectivity index is 1.86. The molecule has 0 atom stereocenters. The summed E-state index contributed by atoms with van der Waals surface area (Å²) in [4.78, 5) is 12.9. The number of amides is 1. The van der Waals surface area contributed by atoms with Gasteiger partial charge in [-0.15, -0.1) is 23.5 Å². The van der Waals surface area contributed by atoms with Crippen molar-refractivity contribution in [2.24, 2.45) is 0 Å². The summed E-state index contributed by atoms with van der Waals surface area (Å²) in [5.41, 5.74) is 1.22. The molecule has 0 saturated heterocycles. The summed E-state index contributed by atoms with van der Waals surface area (Å²) >= 11 is 14.4. The topological polar surface area (TPSA) is 52.9 Å². The van der Waals surface area contributed by atoms with Crippen LogP contribution >= 0.6 is 46.7 Å². The standard InChI is InChI=1S/C25H18Cl2F2N2OS2/c26-20-8-4-10-22(28)18(20)14-33-25(34-15-19-21(27)9-5-11-23(19)29)17(12-30)24(32)31-13-16-6-2-1-3-7-16/h1-11H,13-15H2,(H,31,32). The molecule has 174 valence electrons. The van der Waals surface area contributed by atoms with Crippen LogP contribution in [0.25, 0.3) is 0 Å². The summed E-state index contributed by atoms with van der Waals surface area (Å²) in [5, 5.41) is 13.0. The lowest BCUT2D eigenvalue weighted by Gasteiger charge is -2.13. The molecule has 0 saturated carbocycles.